The summed E-state index contributed by atoms with van der Waals surface area (Å²) < 4.78 is 45.5. The summed E-state index contributed by atoms with van der Waals surface area (Å²) in [6, 6.07) is 9.64. The standard InChI is InChI=1S/C25H27F3N4O5/c1-15(31-22(35)17-7-5-16(6-8-17)21(29)30)23(36)32-11-9-24(10-12-32,37-14-20(33)34)18-3-2-4-19(13-18)25(26,27)28/h2-8,13,15H,9-12,14H2,1H3,(H3,29,30)(H,31,35)(H,33,34)/t15-/m0/s1. The lowest BCUT2D eigenvalue weighted by Gasteiger charge is -2.42. The number of rotatable bonds is 8. The van der Waals surface area contributed by atoms with Gasteiger partial charge in [-0.25, -0.2) is 4.79 Å². The number of amides is 2. The lowest BCUT2D eigenvalue weighted by atomic mass is 9.83. The van der Waals surface area contributed by atoms with Gasteiger partial charge in [0.2, 0.25) is 5.91 Å². The second-order valence-corrected chi connectivity index (χ2v) is 8.77. The van der Waals surface area contributed by atoms with Gasteiger partial charge in [-0.05, 0) is 49.6 Å². The molecule has 12 heteroatoms. The van der Waals surface area contributed by atoms with Gasteiger partial charge in [0.1, 0.15) is 18.5 Å². The fourth-order valence-electron chi connectivity index (χ4n) is 4.20. The fraction of sp³-hybridized carbons (Fsp3) is 0.360. The third-order valence-electron chi connectivity index (χ3n) is 6.25. The van der Waals surface area contributed by atoms with Gasteiger partial charge in [0, 0.05) is 24.2 Å². The molecule has 0 aromatic heterocycles. The Morgan fingerprint density at radius 1 is 1.14 bits per heavy atom. The van der Waals surface area contributed by atoms with Gasteiger partial charge in [-0.2, -0.15) is 13.2 Å². The van der Waals surface area contributed by atoms with Gasteiger partial charge >= 0.3 is 12.1 Å². The highest BCUT2D eigenvalue weighted by Gasteiger charge is 2.41. The van der Waals surface area contributed by atoms with Crippen LogP contribution >= 0.6 is 0 Å². The lowest BCUT2D eigenvalue weighted by molar-refractivity contribution is -0.158. The Balaban J connectivity index is 1.70. The summed E-state index contributed by atoms with van der Waals surface area (Å²) in [6.07, 6.45) is -4.44. The Labute approximate surface area is 210 Å². The number of aliphatic carboxylic acids is 1. The number of alkyl halides is 3. The molecule has 5 N–H and O–H groups in total. The lowest BCUT2D eigenvalue weighted by Crippen LogP contribution is -2.52. The molecule has 2 aromatic carbocycles. The predicted molar refractivity (Wildman–Crippen MR) is 127 cm³/mol. The number of likely N-dealkylation sites (tertiary alicyclic amines) is 1. The minimum absolute atomic E-state index is 0.0699. The zero-order chi connectivity index (χ0) is 27.4. The number of ether oxygens (including phenoxy) is 1. The molecule has 1 atom stereocenters. The third-order valence-corrected chi connectivity index (χ3v) is 6.25. The van der Waals surface area contributed by atoms with Crippen LogP contribution in [0.2, 0.25) is 0 Å². The van der Waals surface area contributed by atoms with E-state index in [1.165, 1.54) is 48.2 Å². The number of amidine groups is 1. The van der Waals surface area contributed by atoms with Crippen LogP contribution in [0, 0.1) is 5.41 Å². The maximum absolute atomic E-state index is 13.3. The largest absolute Gasteiger partial charge is 0.480 e. The molecule has 0 saturated carbocycles. The van der Waals surface area contributed by atoms with E-state index in [9.17, 15) is 27.6 Å². The van der Waals surface area contributed by atoms with Crippen LogP contribution in [0.1, 0.15) is 46.8 Å². The molecule has 2 amide bonds. The number of nitrogen functional groups attached to an aromatic ring is 1. The van der Waals surface area contributed by atoms with Crippen molar-refractivity contribution in [2.75, 3.05) is 19.7 Å². The van der Waals surface area contributed by atoms with Crippen LogP contribution in [0.5, 0.6) is 0 Å². The zero-order valence-electron chi connectivity index (χ0n) is 20.0. The molecule has 1 saturated heterocycles. The molecule has 2 aromatic rings. The molecule has 198 valence electrons. The molecule has 3 rings (SSSR count). The summed E-state index contributed by atoms with van der Waals surface area (Å²) in [6.45, 7) is 0.975. The van der Waals surface area contributed by atoms with Crippen molar-refractivity contribution in [3.8, 4) is 0 Å². The highest BCUT2D eigenvalue weighted by Crippen LogP contribution is 2.39. The van der Waals surface area contributed by atoms with Crippen LogP contribution in [0.25, 0.3) is 0 Å². The molecule has 9 nitrogen and oxygen atoms in total. The molecule has 37 heavy (non-hydrogen) atoms. The minimum atomic E-state index is -4.58. The number of piperidine rings is 1. The van der Waals surface area contributed by atoms with Crippen LogP contribution in [0.15, 0.2) is 48.5 Å². The maximum atomic E-state index is 13.3. The van der Waals surface area contributed by atoms with E-state index in [0.717, 1.165) is 12.1 Å². The topological polar surface area (TPSA) is 146 Å². The fourth-order valence-corrected chi connectivity index (χ4v) is 4.20. The number of nitrogens with zero attached hydrogens (tertiary/aromatic N) is 1. The second kappa shape index (κ2) is 11.0. The van der Waals surface area contributed by atoms with E-state index in [1.807, 2.05) is 0 Å². The first-order chi connectivity index (χ1) is 17.3. The van der Waals surface area contributed by atoms with E-state index >= 15 is 0 Å². The molecule has 1 heterocycles. The molecule has 1 fully saturated rings. The van der Waals surface area contributed by atoms with Gasteiger partial charge in [-0.15, -0.1) is 0 Å². The summed E-state index contributed by atoms with van der Waals surface area (Å²) in [7, 11) is 0. The normalized spacial score (nSPS) is 16.1. The quantitative estimate of drug-likeness (QED) is 0.311. The molecule has 0 aliphatic carbocycles. The van der Waals surface area contributed by atoms with Gasteiger partial charge in [-0.1, -0.05) is 24.3 Å². The van der Waals surface area contributed by atoms with Crippen LogP contribution in [-0.4, -0.2) is 59.4 Å². The third kappa shape index (κ3) is 6.64. The van der Waals surface area contributed by atoms with Gasteiger partial charge < -0.3 is 25.8 Å². The second-order valence-electron chi connectivity index (χ2n) is 8.77. The van der Waals surface area contributed by atoms with E-state index in [1.54, 1.807) is 0 Å². The SMILES string of the molecule is C[C@H](NC(=O)c1ccc(C(=N)N)cc1)C(=O)N1CCC(OCC(=O)O)(c2cccc(C(F)(F)F)c2)CC1. The van der Waals surface area contributed by atoms with E-state index < -0.39 is 47.8 Å². The van der Waals surface area contributed by atoms with Crippen molar-refractivity contribution in [3.05, 3.63) is 70.8 Å². The Kier molecular flexibility index (Phi) is 8.22. The summed E-state index contributed by atoms with van der Waals surface area (Å²) in [5, 5.41) is 19.1. The molecule has 0 unspecified atom stereocenters. The predicted octanol–water partition coefficient (Wildman–Crippen LogP) is 2.73. The Morgan fingerprint density at radius 2 is 1.73 bits per heavy atom. The first kappa shape index (κ1) is 27.7. The van der Waals surface area contributed by atoms with E-state index in [4.69, 9.17) is 21.0 Å². The maximum Gasteiger partial charge on any atom is 0.416 e. The number of carboxylic acid groups (broad SMARTS) is 1. The highest BCUT2D eigenvalue weighted by molar-refractivity contribution is 5.99. The molecular weight excluding hydrogens is 493 g/mol. The van der Waals surface area contributed by atoms with Crippen LogP contribution in [0.3, 0.4) is 0 Å². The van der Waals surface area contributed by atoms with Crippen molar-refractivity contribution in [1.29, 1.82) is 5.41 Å². The minimum Gasteiger partial charge on any atom is -0.480 e. The summed E-state index contributed by atoms with van der Waals surface area (Å²) >= 11 is 0. The van der Waals surface area contributed by atoms with Crippen molar-refractivity contribution in [2.24, 2.45) is 5.73 Å². The number of benzene rings is 2. The highest BCUT2D eigenvalue weighted by atomic mass is 19.4. The number of nitrogens with two attached hydrogens (primary N) is 1. The molecule has 1 aliphatic heterocycles. The number of carbonyl (C=O) groups is 3. The average molecular weight is 521 g/mol. The number of hydrogen-bond donors (Lipinski definition) is 4. The van der Waals surface area contributed by atoms with Crippen LogP contribution in [-0.2, 0) is 26.1 Å². The number of hydrogen-bond acceptors (Lipinski definition) is 5. The summed E-state index contributed by atoms with van der Waals surface area (Å²) in [4.78, 5) is 38.1. The van der Waals surface area contributed by atoms with Crippen molar-refractivity contribution in [2.45, 2.75) is 37.6 Å². The van der Waals surface area contributed by atoms with E-state index in [2.05, 4.69) is 5.32 Å². The van der Waals surface area contributed by atoms with Crippen LogP contribution in [0.4, 0.5) is 13.2 Å². The Morgan fingerprint density at radius 3 is 2.27 bits per heavy atom. The number of halogens is 3. The van der Waals surface area contributed by atoms with Crippen molar-refractivity contribution in [3.63, 3.8) is 0 Å². The van der Waals surface area contributed by atoms with Gasteiger partial charge in [0.05, 0.1) is 11.2 Å². The molecule has 0 spiro atoms. The Bertz CT molecular complexity index is 1180. The van der Waals surface area contributed by atoms with E-state index in [-0.39, 0.29) is 42.9 Å². The molecule has 0 bridgehead atoms. The number of nitrogens with one attached hydrogen (secondary N) is 2. The average Bonchev–Trinajstić information content (AvgIpc) is 2.87. The monoisotopic (exact) mass is 520 g/mol. The van der Waals surface area contributed by atoms with Crippen LogP contribution < -0.4 is 11.1 Å². The molecule has 1 aliphatic rings. The van der Waals surface area contributed by atoms with Gasteiger partial charge in [0.25, 0.3) is 5.91 Å². The van der Waals surface area contributed by atoms with E-state index in [0.29, 0.717) is 5.56 Å². The first-order valence-corrected chi connectivity index (χ1v) is 11.4. The first-order valence-electron chi connectivity index (χ1n) is 11.4. The summed E-state index contributed by atoms with van der Waals surface area (Å²) in [5.41, 5.74) is 4.11. The van der Waals surface area contributed by atoms with Crippen molar-refractivity contribution in [1.82, 2.24) is 10.2 Å². The Hall–Kier alpha value is -3.93. The summed E-state index contributed by atoms with van der Waals surface area (Å²) in [5.74, 6) is -2.31. The van der Waals surface area contributed by atoms with Crippen molar-refractivity contribution < 1.29 is 37.4 Å². The van der Waals surface area contributed by atoms with Gasteiger partial charge in [0.15, 0.2) is 0 Å². The smallest absolute Gasteiger partial charge is 0.416 e. The van der Waals surface area contributed by atoms with Crippen molar-refractivity contribution >= 4 is 23.6 Å². The zero-order valence-corrected chi connectivity index (χ0v) is 20.0. The number of carbonyl (C=O) groups excluding carboxylic acids is 2. The number of carboxylic acids is 1. The van der Waals surface area contributed by atoms with Gasteiger partial charge in [-0.3, -0.25) is 15.0 Å². The molecule has 0 radical (unpaired) electrons. The molecular formula is C25H27F3N4O5.